The van der Waals surface area contributed by atoms with Gasteiger partial charge in [0.25, 0.3) is 0 Å². The number of benzene rings is 1. The summed E-state index contributed by atoms with van der Waals surface area (Å²) < 4.78 is 26.9. The standard InChI is InChI=1S/C14H21O6PS2/c1-3-19-21(2,17)20-9-11-23-22-10-8-18-14(16)12-4-6-13(15)7-5-12/h4-7,15H,3,8-11H2,1-2H3. The maximum atomic E-state index is 11.7. The van der Waals surface area contributed by atoms with Gasteiger partial charge in [0.2, 0.25) is 0 Å². The Morgan fingerprint density at radius 1 is 1.13 bits per heavy atom. The Morgan fingerprint density at radius 2 is 1.74 bits per heavy atom. The molecular formula is C14H21O6PS2. The summed E-state index contributed by atoms with van der Waals surface area (Å²) in [6, 6.07) is 5.91. The lowest BCUT2D eigenvalue weighted by atomic mass is 10.2. The molecule has 130 valence electrons. The van der Waals surface area contributed by atoms with E-state index < -0.39 is 13.6 Å². The number of hydrogen-bond donors (Lipinski definition) is 1. The van der Waals surface area contributed by atoms with Crippen LogP contribution in [0.5, 0.6) is 5.75 Å². The molecule has 6 nitrogen and oxygen atoms in total. The number of ether oxygens (including phenoxy) is 1. The van der Waals surface area contributed by atoms with Gasteiger partial charge in [-0.15, -0.1) is 0 Å². The molecule has 0 amide bonds. The molecule has 0 bridgehead atoms. The third-order valence-electron chi connectivity index (χ3n) is 2.44. The van der Waals surface area contributed by atoms with Crippen molar-refractivity contribution in [2.75, 3.05) is 38.0 Å². The molecule has 0 radical (unpaired) electrons. The van der Waals surface area contributed by atoms with Crippen LogP contribution in [0.4, 0.5) is 0 Å². The van der Waals surface area contributed by atoms with Gasteiger partial charge in [-0.2, -0.15) is 0 Å². The molecule has 0 spiro atoms. The second-order valence-corrected chi connectivity index (χ2v) is 9.11. The lowest BCUT2D eigenvalue weighted by Gasteiger charge is -2.12. The van der Waals surface area contributed by atoms with Crippen molar-refractivity contribution < 1.29 is 28.3 Å². The first-order chi connectivity index (χ1) is 10.9. The highest BCUT2D eigenvalue weighted by Gasteiger charge is 2.15. The van der Waals surface area contributed by atoms with Crippen LogP contribution >= 0.6 is 29.2 Å². The van der Waals surface area contributed by atoms with Crippen LogP contribution in [0.1, 0.15) is 17.3 Å². The quantitative estimate of drug-likeness (QED) is 0.269. The number of phenolic OH excluding ortho intramolecular Hbond substituents is 1. The summed E-state index contributed by atoms with van der Waals surface area (Å²) in [6.45, 7) is 4.23. The van der Waals surface area contributed by atoms with Crippen LogP contribution in [0, 0.1) is 0 Å². The molecule has 1 aromatic carbocycles. The van der Waals surface area contributed by atoms with Gasteiger partial charge in [-0.1, -0.05) is 21.6 Å². The third kappa shape index (κ3) is 9.27. The van der Waals surface area contributed by atoms with E-state index in [0.717, 1.165) is 0 Å². The molecule has 0 aliphatic heterocycles. The highest BCUT2D eigenvalue weighted by molar-refractivity contribution is 8.76. The second-order valence-electron chi connectivity index (χ2n) is 4.35. The van der Waals surface area contributed by atoms with Gasteiger partial charge >= 0.3 is 13.6 Å². The van der Waals surface area contributed by atoms with E-state index in [1.807, 2.05) is 0 Å². The van der Waals surface area contributed by atoms with Crippen molar-refractivity contribution in [2.24, 2.45) is 0 Å². The van der Waals surface area contributed by atoms with E-state index in [1.54, 1.807) is 28.5 Å². The van der Waals surface area contributed by atoms with E-state index in [9.17, 15) is 9.36 Å². The molecule has 1 unspecified atom stereocenters. The van der Waals surface area contributed by atoms with Gasteiger partial charge in [0.15, 0.2) is 0 Å². The van der Waals surface area contributed by atoms with E-state index in [2.05, 4.69) is 0 Å². The Balaban J connectivity index is 2.04. The van der Waals surface area contributed by atoms with Crippen molar-refractivity contribution in [2.45, 2.75) is 6.92 Å². The van der Waals surface area contributed by atoms with E-state index in [-0.39, 0.29) is 5.75 Å². The van der Waals surface area contributed by atoms with Crippen LogP contribution in [0.2, 0.25) is 0 Å². The smallest absolute Gasteiger partial charge is 0.338 e. The first-order valence-corrected chi connectivity index (χ1v) is 11.5. The lowest BCUT2D eigenvalue weighted by Crippen LogP contribution is -2.07. The van der Waals surface area contributed by atoms with Crippen LogP contribution in [0.25, 0.3) is 0 Å². The maximum absolute atomic E-state index is 11.7. The van der Waals surface area contributed by atoms with E-state index >= 15 is 0 Å². The first-order valence-electron chi connectivity index (χ1n) is 7.02. The number of esters is 1. The summed E-state index contributed by atoms with van der Waals surface area (Å²) in [5.41, 5.74) is 0.406. The largest absolute Gasteiger partial charge is 0.508 e. The fourth-order valence-corrected chi connectivity index (χ4v) is 4.22. The number of phenols is 1. The van der Waals surface area contributed by atoms with Gasteiger partial charge in [0.05, 0.1) is 18.8 Å². The van der Waals surface area contributed by atoms with Crippen molar-refractivity contribution in [3.63, 3.8) is 0 Å². The molecule has 0 heterocycles. The minimum Gasteiger partial charge on any atom is -0.508 e. The van der Waals surface area contributed by atoms with Gasteiger partial charge in [0, 0.05) is 18.2 Å². The van der Waals surface area contributed by atoms with Crippen LogP contribution in [-0.2, 0) is 18.3 Å². The molecular weight excluding hydrogens is 359 g/mol. The summed E-state index contributed by atoms with van der Waals surface area (Å²) in [6.07, 6.45) is 0. The van der Waals surface area contributed by atoms with Gasteiger partial charge in [0.1, 0.15) is 12.4 Å². The number of carbonyl (C=O) groups is 1. The van der Waals surface area contributed by atoms with E-state index in [1.165, 1.54) is 30.9 Å². The normalized spacial score (nSPS) is 13.5. The van der Waals surface area contributed by atoms with Crippen molar-refractivity contribution in [3.8, 4) is 5.75 Å². The molecule has 0 saturated carbocycles. The van der Waals surface area contributed by atoms with Crippen molar-refractivity contribution in [3.05, 3.63) is 29.8 Å². The van der Waals surface area contributed by atoms with Crippen molar-refractivity contribution >= 4 is 35.2 Å². The fourth-order valence-electron chi connectivity index (χ4n) is 1.48. The number of rotatable bonds is 11. The SMILES string of the molecule is CCOP(C)(=O)OCCSSCCOC(=O)c1ccc(O)cc1. The van der Waals surface area contributed by atoms with Crippen LogP contribution < -0.4 is 0 Å². The molecule has 0 saturated heterocycles. The summed E-state index contributed by atoms with van der Waals surface area (Å²) in [5, 5.41) is 9.14. The minimum absolute atomic E-state index is 0.108. The van der Waals surface area contributed by atoms with Crippen LogP contribution in [-0.4, -0.2) is 49.1 Å². The summed E-state index contributed by atoms with van der Waals surface area (Å²) in [7, 11) is 0.184. The second kappa shape index (κ2) is 11.0. The Morgan fingerprint density at radius 3 is 2.35 bits per heavy atom. The molecule has 23 heavy (non-hydrogen) atoms. The average molecular weight is 380 g/mol. The predicted octanol–water partition coefficient (Wildman–Crippen LogP) is 3.81. The van der Waals surface area contributed by atoms with E-state index in [4.69, 9.17) is 18.9 Å². The molecule has 0 fully saturated rings. The fraction of sp³-hybridized carbons (Fsp3) is 0.500. The van der Waals surface area contributed by atoms with Gasteiger partial charge in [-0.3, -0.25) is 4.57 Å². The van der Waals surface area contributed by atoms with Crippen molar-refractivity contribution in [1.29, 1.82) is 0 Å². The monoisotopic (exact) mass is 380 g/mol. The van der Waals surface area contributed by atoms with E-state index in [0.29, 0.717) is 36.9 Å². The molecule has 0 aliphatic carbocycles. The highest BCUT2D eigenvalue weighted by Crippen LogP contribution is 2.43. The molecule has 1 rings (SSSR count). The van der Waals surface area contributed by atoms with Gasteiger partial charge in [-0.25, -0.2) is 4.79 Å². The summed E-state index contributed by atoms with van der Waals surface area (Å²) in [5.74, 6) is 1.00. The molecule has 9 heteroatoms. The number of aromatic hydroxyl groups is 1. The molecule has 0 aliphatic rings. The molecule has 0 aromatic heterocycles. The molecule has 1 N–H and O–H groups in total. The summed E-state index contributed by atoms with van der Waals surface area (Å²) >= 11 is 0. The van der Waals surface area contributed by atoms with Crippen LogP contribution in [0.3, 0.4) is 0 Å². The van der Waals surface area contributed by atoms with Crippen LogP contribution in [0.15, 0.2) is 24.3 Å². The predicted molar refractivity (Wildman–Crippen MR) is 94.4 cm³/mol. The number of hydrogen-bond acceptors (Lipinski definition) is 8. The zero-order valence-electron chi connectivity index (χ0n) is 13.1. The Bertz CT molecular complexity index is 523. The zero-order valence-corrected chi connectivity index (χ0v) is 15.6. The number of carbonyl (C=O) groups excluding carboxylic acids is 1. The molecule has 1 atom stereocenters. The average Bonchev–Trinajstić information content (AvgIpc) is 2.50. The topological polar surface area (TPSA) is 82.1 Å². The van der Waals surface area contributed by atoms with Crippen molar-refractivity contribution in [1.82, 2.24) is 0 Å². The zero-order chi connectivity index (χ0) is 17.1. The van der Waals surface area contributed by atoms with Gasteiger partial charge in [-0.05, 0) is 31.2 Å². The van der Waals surface area contributed by atoms with Gasteiger partial charge < -0.3 is 18.9 Å². The Kier molecular flexibility index (Phi) is 9.74. The first kappa shape index (κ1) is 20.4. The highest BCUT2D eigenvalue weighted by atomic mass is 33.1. The Hall–Kier alpha value is -0.660. The lowest BCUT2D eigenvalue weighted by molar-refractivity contribution is 0.0530. The summed E-state index contributed by atoms with van der Waals surface area (Å²) in [4.78, 5) is 11.7. The minimum atomic E-state index is -2.91. The maximum Gasteiger partial charge on any atom is 0.338 e. The molecule has 1 aromatic rings. The Labute approximate surface area is 144 Å². The third-order valence-corrected chi connectivity index (χ3v) is 6.15.